The summed E-state index contributed by atoms with van der Waals surface area (Å²) in [5.74, 6) is 1.07. The van der Waals surface area contributed by atoms with Crippen LogP contribution in [0.25, 0.3) is 0 Å². The van der Waals surface area contributed by atoms with Crippen LogP contribution in [0.4, 0.5) is 0 Å². The van der Waals surface area contributed by atoms with Gasteiger partial charge in [-0.25, -0.2) is 0 Å². The van der Waals surface area contributed by atoms with Crippen molar-refractivity contribution < 1.29 is 9.53 Å². The van der Waals surface area contributed by atoms with Crippen molar-refractivity contribution in [2.75, 3.05) is 39.9 Å². The molecule has 0 aliphatic carbocycles. The molecule has 4 nitrogen and oxygen atoms in total. The summed E-state index contributed by atoms with van der Waals surface area (Å²) in [6.07, 6.45) is 8.35. The maximum atomic E-state index is 11.9. The van der Waals surface area contributed by atoms with E-state index in [0.717, 1.165) is 25.0 Å². The van der Waals surface area contributed by atoms with Gasteiger partial charge in [0.25, 0.3) is 0 Å². The highest BCUT2D eigenvalue weighted by atomic mass is 16.5. The van der Waals surface area contributed by atoms with Crippen molar-refractivity contribution in [1.82, 2.24) is 9.80 Å². The molecule has 2 fully saturated rings. The van der Waals surface area contributed by atoms with Gasteiger partial charge in [0.1, 0.15) is 0 Å². The van der Waals surface area contributed by atoms with E-state index in [1.54, 1.807) is 7.11 Å². The molecule has 2 aliphatic rings. The van der Waals surface area contributed by atoms with Gasteiger partial charge in [0.15, 0.2) is 0 Å². The number of hydrogen-bond donors (Lipinski definition) is 0. The number of rotatable bonds is 6. The molecule has 0 N–H and O–H groups in total. The average molecular weight is 296 g/mol. The summed E-state index contributed by atoms with van der Waals surface area (Å²) in [6.45, 7) is 7.35. The van der Waals surface area contributed by atoms with E-state index >= 15 is 0 Å². The number of amides is 1. The number of carbonyl (C=O) groups excluding carboxylic acids is 1. The van der Waals surface area contributed by atoms with Crippen LogP contribution < -0.4 is 0 Å². The Morgan fingerprint density at radius 1 is 1.14 bits per heavy atom. The standard InChI is InChI=1S/C17H32N2O2/c1-15-5-3-4-10-18(15)11-6-16-7-12-19(13-8-16)17(20)9-14-21-2/h15-16H,3-14H2,1-2H3. The van der Waals surface area contributed by atoms with E-state index in [1.807, 2.05) is 4.90 Å². The molecule has 21 heavy (non-hydrogen) atoms. The Morgan fingerprint density at radius 3 is 2.57 bits per heavy atom. The van der Waals surface area contributed by atoms with Gasteiger partial charge in [0, 0.05) is 26.2 Å². The first-order valence-corrected chi connectivity index (χ1v) is 8.71. The Morgan fingerprint density at radius 2 is 1.90 bits per heavy atom. The van der Waals surface area contributed by atoms with Gasteiger partial charge in [-0.2, -0.15) is 0 Å². The van der Waals surface area contributed by atoms with Crippen LogP contribution in [0.2, 0.25) is 0 Å². The molecule has 1 amide bonds. The van der Waals surface area contributed by atoms with Gasteiger partial charge in [-0.3, -0.25) is 4.79 Å². The predicted octanol–water partition coefficient (Wildman–Crippen LogP) is 2.53. The minimum Gasteiger partial charge on any atom is -0.384 e. The molecule has 2 aliphatic heterocycles. The number of carbonyl (C=O) groups is 1. The Hall–Kier alpha value is -0.610. The van der Waals surface area contributed by atoms with Crippen molar-refractivity contribution in [2.24, 2.45) is 5.92 Å². The number of hydrogen-bond acceptors (Lipinski definition) is 3. The Labute approximate surface area is 129 Å². The van der Waals surface area contributed by atoms with E-state index in [1.165, 1.54) is 51.6 Å². The van der Waals surface area contributed by atoms with Crippen LogP contribution >= 0.6 is 0 Å². The molecule has 0 spiro atoms. The number of methoxy groups -OCH3 is 1. The second-order valence-corrected chi connectivity index (χ2v) is 6.74. The molecule has 122 valence electrons. The summed E-state index contributed by atoms with van der Waals surface area (Å²) in [4.78, 5) is 16.6. The molecule has 4 heteroatoms. The average Bonchev–Trinajstić information content (AvgIpc) is 2.52. The lowest BCUT2D eigenvalue weighted by Gasteiger charge is -2.36. The molecule has 0 aromatic rings. The van der Waals surface area contributed by atoms with Gasteiger partial charge < -0.3 is 14.5 Å². The Kier molecular flexibility index (Phi) is 6.97. The highest BCUT2D eigenvalue weighted by Gasteiger charge is 2.24. The molecule has 0 radical (unpaired) electrons. The molecule has 0 aromatic carbocycles. The summed E-state index contributed by atoms with van der Waals surface area (Å²) in [7, 11) is 1.65. The van der Waals surface area contributed by atoms with Crippen LogP contribution in [0.1, 0.15) is 51.9 Å². The SMILES string of the molecule is COCCC(=O)N1CCC(CCN2CCCCC2C)CC1. The Balaban J connectivity index is 1.63. The largest absolute Gasteiger partial charge is 0.384 e. The molecule has 2 saturated heterocycles. The minimum atomic E-state index is 0.264. The fourth-order valence-corrected chi connectivity index (χ4v) is 3.66. The fraction of sp³-hybridized carbons (Fsp3) is 0.941. The third-order valence-electron chi connectivity index (χ3n) is 5.25. The summed E-state index contributed by atoms with van der Waals surface area (Å²) >= 11 is 0. The topological polar surface area (TPSA) is 32.8 Å². The van der Waals surface area contributed by atoms with Gasteiger partial charge in [-0.15, -0.1) is 0 Å². The second kappa shape index (κ2) is 8.74. The van der Waals surface area contributed by atoms with E-state index in [9.17, 15) is 4.79 Å². The first-order chi connectivity index (χ1) is 10.2. The Bertz CT molecular complexity index is 314. The van der Waals surface area contributed by atoms with Gasteiger partial charge >= 0.3 is 0 Å². The van der Waals surface area contributed by atoms with E-state index in [4.69, 9.17) is 4.74 Å². The maximum absolute atomic E-state index is 11.9. The molecule has 0 bridgehead atoms. The zero-order valence-corrected chi connectivity index (χ0v) is 13.9. The number of ether oxygens (including phenoxy) is 1. The second-order valence-electron chi connectivity index (χ2n) is 6.74. The zero-order valence-electron chi connectivity index (χ0n) is 13.9. The summed E-state index contributed by atoms with van der Waals surface area (Å²) in [5, 5.41) is 0. The normalized spacial score (nSPS) is 25.2. The number of likely N-dealkylation sites (tertiary alicyclic amines) is 2. The quantitative estimate of drug-likeness (QED) is 0.755. The molecule has 2 heterocycles. The highest BCUT2D eigenvalue weighted by Crippen LogP contribution is 2.23. The lowest BCUT2D eigenvalue weighted by atomic mass is 9.92. The molecular formula is C17H32N2O2. The van der Waals surface area contributed by atoms with E-state index in [-0.39, 0.29) is 5.91 Å². The maximum Gasteiger partial charge on any atom is 0.224 e. The van der Waals surface area contributed by atoms with Crippen molar-refractivity contribution >= 4 is 5.91 Å². The minimum absolute atomic E-state index is 0.264. The summed E-state index contributed by atoms with van der Waals surface area (Å²) in [5.41, 5.74) is 0. The van der Waals surface area contributed by atoms with Gasteiger partial charge in [0.2, 0.25) is 5.91 Å². The smallest absolute Gasteiger partial charge is 0.224 e. The van der Waals surface area contributed by atoms with Gasteiger partial charge in [-0.05, 0) is 58.0 Å². The van der Waals surface area contributed by atoms with Gasteiger partial charge in [-0.1, -0.05) is 6.42 Å². The molecule has 2 rings (SSSR count). The zero-order chi connectivity index (χ0) is 15.1. The third-order valence-corrected chi connectivity index (χ3v) is 5.25. The van der Waals surface area contributed by atoms with Crippen molar-refractivity contribution in [3.05, 3.63) is 0 Å². The summed E-state index contributed by atoms with van der Waals surface area (Å²) < 4.78 is 4.99. The van der Waals surface area contributed by atoms with Gasteiger partial charge in [0.05, 0.1) is 13.0 Å². The van der Waals surface area contributed by atoms with Crippen LogP contribution in [-0.4, -0.2) is 61.6 Å². The molecule has 1 unspecified atom stereocenters. The predicted molar refractivity (Wildman–Crippen MR) is 85.3 cm³/mol. The highest BCUT2D eigenvalue weighted by molar-refractivity contribution is 5.76. The molecule has 0 aromatic heterocycles. The van der Waals surface area contributed by atoms with E-state index in [0.29, 0.717) is 13.0 Å². The van der Waals surface area contributed by atoms with Crippen LogP contribution in [0, 0.1) is 5.92 Å². The number of piperidine rings is 2. The van der Waals surface area contributed by atoms with E-state index in [2.05, 4.69) is 11.8 Å². The van der Waals surface area contributed by atoms with Crippen LogP contribution in [-0.2, 0) is 9.53 Å². The van der Waals surface area contributed by atoms with E-state index < -0.39 is 0 Å². The number of nitrogens with zero attached hydrogens (tertiary/aromatic N) is 2. The fourth-order valence-electron chi connectivity index (χ4n) is 3.66. The molecule has 0 saturated carbocycles. The molecular weight excluding hydrogens is 264 g/mol. The van der Waals surface area contributed by atoms with Crippen LogP contribution in [0.15, 0.2) is 0 Å². The lowest BCUT2D eigenvalue weighted by Crippen LogP contribution is -2.41. The summed E-state index contributed by atoms with van der Waals surface area (Å²) in [6, 6.07) is 0.773. The monoisotopic (exact) mass is 296 g/mol. The van der Waals surface area contributed by atoms with Crippen LogP contribution in [0.3, 0.4) is 0 Å². The first kappa shape index (κ1) is 16.8. The van der Waals surface area contributed by atoms with Crippen molar-refractivity contribution in [3.63, 3.8) is 0 Å². The van der Waals surface area contributed by atoms with Crippen LogP contribution in [0.5, 0.6) is 0 Å². The van der Waals surface area contributed by atoms with Crippen molar-refractivity contribution in [2.45, 2.75) is 57.9 Å². The lowest BCUT2D eigenvalue weighted by molar-refractivity contribution is -0.133. The van der Waals surface area contributed by atoms with Crippen molar-refractivity contribution in [1.29, 1.82) is 0 Å². The first-order valence-electron chi connectivity index (χ1n) is 8.71. The molecule has 1 atom stereocenters. The van der Waals surface area contributed by atoms with Crippen molar-refractivity contribution in [3.8, 4) is 0 Å². The third kappa shape index (κ3) is 5.26.